The summed E-state index contributed by atoms with van der Waals surface area (Å²) in [5.41, 5.74) is 1.59. The third-order valence-corrected chi connectivity index (χ3v) is 5.44. The molecular formula is C24H21FN2O4. The van der Waals surface area contributed by atoms with Crippen molar-refractivity contribution in [2.45, 2.75) is 25.4 Å². The number of likely N-dealkylation sites (tertiary alicyclic amines) is 1. The minimum atomic E-state index is -0.323. The van der Waals surface area contributed by atoms with Crippen LogP contribution < -0.4 is 4.74 Å². The van der Waals surface area contributed by atoms with E-state index in [1.807, 2.05) is 24.3 Å². The summed E-state index contributed by atoms with van der Waals surface area (Å²) in [6, 6.07) is 16.8. The number of halogens is 1. The smallest absolute Gasteiger partial charge is 0.289 e. The molecule has 0 spiro atoms. The van der Waals surface area contributed by atoms with Crippen molar-refractivity contribution in [3.63, 3.8) is 0 Å². The van der Waals surface area contributed by atoms with Gasteiger partial charge in [0.15, 0.2) is 17.2 Å². The van der Waals surface area contributed by atoms with Crippen molar-refractivity contribution >= 4 is 17.0 Å². The molecule has 6 nitrogen and oxygen atoms in total. The maximum Gasteiger partial charge on any atom is 0.289 e. The van der Waals surface area contributed by atoms with Gasteiger partial charge in [0.2, 0.25) is 0 Å². The Hall–Kier alpha value is -3.61. The van der Waals surface area contributed by atoms with Gasteiger partial charge in [0.05, 0.1) is 5.92 Å². The molecule has 2 aromatic heterocycles. The van der Waals surface area contributed by atoms with E-state index in [0.29, 0.717) is 30.5 Å². The molecule has 1 aliphatic rings. The molecule has 0 N–H and O–H groups in total. The van der Waals surface area contributed by atoms with Gasteiger partial charge in [-0.25, -0.2) is 9.37 Å². The monoisotopic (exact) mass is 420 g/mol. The number of nitrogens with zero attached hydrogens (tertiary/aromatic N) is 2. The van der Waals surface area contributed by atoms with Crippen LogP contribution in [0.4, 0.5) is 4.39 Å². The van der Waals surface area contributed by atoms with Crippen molar-refractivity contribution in [3.8, 4) is 5.75 Å². The predicted molar refractivity (Wildman–Crippen MR) is 111 cm³/mol. The molecule has 31 heavy (non-hydrogen) atoms. The number of oxazole rings is 1. The topological polar surface area (TPSA) is 68.7 Å². The number of amides is 1. The molecule has 1 aliphatic heterocycles. The number of ether oxygens (including phenoxy) is 1. The molecular weight excluding hydrogens is 399 g/mol. The SMILES string of the molecule is O=C(c1ccc(COc2ccc(F)cc2)o1)N1CCC[C@@H](c2nc3ccccc3o2)C1. The first kappa shape index (κ1) is 19.4. The Kier molecular flexibility index (Phi) is 5.16. The van der Waals surface area contributed by atoms with E-state index < -0.39 is 0 Å². The third-order valence-electron chi connectivity index (χ3n) is 5.44. The van der Waals surface area contributed by atoms with Gasteiger partial charge in [-0.3, -0.25) is 4.79 Å². The fourth-order valence-electron chi connectivity index (χ4n) is 3.84. The van der Waals surface area contributed by atoms with E-state index in [9.17, 15) is 9.18 Å². The van der Waals surface area contributed by atoms with Crippen molar-refractivity contribution in [3.05, 3.63) is 83.9 Å². The number of piperidine rings is 1. The number of carbonyl (C=O) groups excluding carboxylic acids is 1. The van der Waals surface area contributed by atoms with Crippen LogP contribution in [0.1, 0.15) is 41.0 Å². The summed E-state index contributed by atoms with van der Waals surface area (Å²) in [4.78, 5) is 19.4. The number of fused-ring (bicyclic) bond motifs is 1. The maximum absolute atomic E-state index is 13.0. The van der Waals surface area contributed by atoms with Crippen LogP contribution in [-0.2, 0) is 6.61 Å². The third kappa shape index (κ3) is 4.17. The Labute approximate surface area is 178 Å². The Morgan fingerprint density at radius 3 is 2.77 bits per heavy atom. The summed E-state index contributed by atoms with van der Waals surface area (Å²) < 4.78 is 30.2. The van der Waals surface area contributed by atoms with Crippen molar-refractivity contribution in [1.82, 2.24) is 9.88 Å². The van der Waals surface area contributed by atoms with E-state index in [1.54, 1.807) is 29.2 Å². The number of rotatable bonds is 5. The number of aromatic nitrogens is 1. The molecule has 4 aromatic rings. The minimum Gasteiger partial charge on any atom is -0.486 e. The molecule has 158 valence electrons. The molecule has 0 aliphatic carbocycles. The lowest BCUT2D eigenvalue weighted by Gasteiger charge is -2.30. The van der Waals surface area contributed by atoms with Crippen LogP contribution in [0.3, 0.4) is 0 Å². The van der Waals surface area contributed by atoms with Crippen LogP contribution in [-0.4, -0.2) is 28.9 Å². The highest BCUT2D eigenvalue weighted by Crippen LogP contribution is 2.30. The van der Waals surface area contributed by atoms with Gasteiger partial charge in [-0.15, -0.1) is 0 Å². The Balaban J connectivity index is 1.24. The van der Waals surface area contributed by atoms with Crippen LogP contribution in [0, 0.1) is 5.82 Å². The lowest BCUT2D eigenvalue weighted by Crippen LogP contribution is -2.39. The van der Waals surface area contributed by atoms with E-state index in [1.165, 1.54) is 12.1 Å². The summed E-state index contributed by atoms with van der Waals surface area (Å²) in [6.45, 7) is 1.36. The fraction of sp³-hybridized carbons (Fsp3) is 0.250. The van der Waals surface area contributed by atoms with Gasteiger partial charge in [-0.1, -0.05) is 12.1 Å². The molecule has 0 saturated carbocycles. The van der Waals surface area contributed by atoms with E-state index >= 15 is 0 Å². The highest BCUT2D eigenvalue weighted by Gasteiger charge is 2.30. The largest absolute Gasteiger partial charge is 0.486 e. The number of hydrogen-bond donors (Lipinski definition) is 0. The van der Waals surface area contributed by atoms with Gasteiger partial charge in [-0.05, 0) is 61.4 Å². The highest BCUT2D eigenvalue weighted by molar-refractivity contribution is 5.91. The second kappa shape index (κ2) is 8.26. The van der Waals surface area contributed by atoms with Crippen LogP contribution >= 0.6 is 0 Å². The van der Waals surface area contributed by atoms with Gasteiger partial charge in [-0.2, -0.15) is 0 Å². The molecule has 3 heterocycles. The zero-order chi connectivity index (χ0) is 21.2. The maximum atomic E-state index is 13.0. The zero-order valence-corrected chi connectivity index (χ0v) is 16.8. The molecule has 7 heteroatoms. The molecule has 1 amide bonds. The highest BCUT2D eigenvalue weighted by atomic mass is 19.1. The van der Waals surface area contributed by atoms with E-state index in [4.69, 9.17) is 13.6 Å². The van der Waals surface area contributed by atoms with Crippen molar-refractivity contribution in [2.75, 3.05) is 13.1 Å². The summed E-state index contributed by atoms with van der Waals surface area (Å²) in [5.74, 6) is 1.58. The van der Waals surface area contributed by atoms with Crippen molar-refractivity contribution in [2.24, 2.45) is 0 Å². The number of para-hydroxylation sites is 2. The first-order chi connectivity index (χ1) is 15.2. The summed E-state index contributed by atoms with van der Waals surface area (Å²) >= 11 is 0. The first-order valence-corrected chi connectivity index (χ1v) is 10.3. The predicted octanol–water partition coefficient (Wildman–Crippen LogP) is 5.16. The second-order valence-corrected chi connectivity index (χ2v) is 7.62. The number of carbonyl (C=O) groups is 1. The lowest BCUT2D eigenvalue weighted by atomic mass is 9.98. The normalized spacial score (nSPS) is 16.5. The molecule has 1 fully saturated rings. The standard InChI is InChI=1S/C24H21FN2O4/c25-17-7-9-18(10-8-17)29-15-19-11-12-22(30-19)24(28)27-13-3-4-16(14-27)23-26-20-5-1-2-6-21(20)31-23/h1-2,5-12,16H,3-4,13-15H2/t16-/m1/s1. The second-order valence-electron chi connectivity index (χ2n) is 7.62. The molecule has 1 saturated heterocycles. The lowest BCUT2D eigenvalue weighted by molar-refractivity contribution is 0.0662. The molecule has 1 atom stereocenters. The van der Waals surface area contributed by atoms with E-state index in [-0.39, 0.29) is 30.0 Å². The van der Waals surface area contributed by atoms with Gasteiger partial charge in [0.25, 0.3) is 5.91 Å². The quantitative estimate of drug-likeness (QED) is 0.446. The Morgan fingerprint density at radius 2 is 1.94 bits per heavy atom. The fourth-order valence-corrected chi connectivity index (χ4v) is 3.84. The van der Waals surface area contributed by atoms with Crippen LogP contribution in [0.15, 0.2) is 69.5 Å². The number of hydrogen-bond acceptors (Lipinski definition) is 5. The number of furan rings is 1. The molecule has 0 bridgehead atoms. The first-order valence-electron chi connectivity index (χ1n) is 10.3. The zero-order valence-electron chi connectivity index (χ0n) is 16.8. The minimum absolute atomic E-state index is 0.0568. The van der Waals surface area contributed by atoms with E-state index in [0.717, 1.165) is 23.9 Å². The molecule has 2 aromatic carbocycles. The Morgan fingerprint density at radius 1 is 1.10 bits per heavy atom. The average Bonchev–Trinajstić information content (AvgIpc) is 3.45. The summed E-state index contributed by atoms with van der Waals surface area (Å²) in [6.07, 6.45) is 1.79. The average molecular weight is 420 g/mol. The molecule has 0 unspecified atom stereocenters. The van der Waals surface area contributed by atoms with Crippen LogP contribution in [0.25, 0.3) is 11.1 Å². The van der Waals surface area contributed by atoms with Crippen molar-refractivity contribution in [1.29, 1.82) is 0 Å². The number of benzene rings is 2. The van der Waals surface area contributed by atoms with Crippen molar-refractivity contribution < 1.29 is 22.8 Å². The molecule has 0 radical (unpaired) electrons. The van der Waals surface area contributed by atoms with Gasteiger partial charge >= 0.3 is 0 Å². The Bertz CT molecular complexity index is 1160. The van der Waals surface area contributed by atoms with Gasteiger partial charge < -0.3 is 18.5 Å². The van der Waals surface area contributed by atoms with Gasteiger partial charge in [0.1, 0.15) is 29.5 Å². The van der Waals surface area contributed by atoms with Crippen LogP contribution in [0.5, 0.6) is 5.75 Å². The summed E-state index contributed by atoms with van der Waals surface area (Å²) in [5, 5.41) is 0. The van der Waals surface area contributed by atoms with E-state index in [2.05, 4.69) is 4.98 Å². The van der Waals surface area contributed by atoms with Crippen LogP contribution in [0.2, 0.25) is 0 Å². The summed E-state index contributed by atoms with van der Waals surface area (Å²) in [7, 11) is 0. The molecule has 5 rings (SSSR count). The van der Waals surface area contributed by atoms with Gasteiger partial charge in [0, 0.05) is 13.1 Å².